The summed E-state index contributed by atoms with van der Waals surface area (Å²) in [6, 6.07) is 10.9. The van der Waals surface area contributed by atoms with E-state index in [0.717, 1.165) is 19.8 Å². The van der Waals surface area contributed by atoms with Crippen LogP contribution in [0.3, 0.4) is 0 Å². The van der Waals surface area contributed by atoms with Crippen molar-refractivity contribution in [3.8, 4) is 0 Å². The molecule has 0 aliphatic carbocycles. The SMILES string of the molecule is c1ccc([C@@H]2CC[Se]2)cc1. The van der Waals surface area contributed by atoms with E-state index in [1.807, 2.05) is 0 Å². The van der Waals surface area contributed by atoms with E-state index in [-0.39, 0.29) is 0 Å². The van der Waals surface area contributed by atoms with Crippen LogP contribution in [0.2, 0.25) is 5.32 Å². The van der Waals surface area contributed by atoms with Crippen molar-refractivity contribution in [2.75, 3.05) is 0 Å². The van der Waals surface area contributed by atoms with E-state index in [0.29, 0.717) is 0 Å². The van der Waals surface area contributed by atoms with Gasteiger partial charge >= 0.3 is 67.4 Å². The van der Waals surface area contributed by atoms with Crippen LogP contribution in [-0.4, -0.2) is 15.0 Å². The van der Waals surface area contributed by atoms with Crippen molar-refractivity contribution in [2.24, 2.45) is 0 Å². The number of rotatable bonds is 1. The Morgan fingerprint density at radius 1 is 1.20 bits per heavy atom. The molecule has 0 unspecified atom stereocenters. The van der Waals surface area contributed by atoms with Crippen LogP contribution in [0.15, 0.2) is 30.3 Å². The third-order valence-electron chi connectivity index (χ3n) is 1.87. The Kier molecular flexibility index (Phi) is 1.79. The predicted octanol–water partition coefficient (Wildman–Crippen LogP) is 2.25. The molecule has 1 fully saturated rings. The quantitative estimate of drug-likeness (QED) is 0.606. The summed E-state index contributed by atoms with van der Waals surface area (Å²) in [6.45, 7) is 0. The van der Waals surface area contributed by atoms with Crippen LogP contribution in [0, 0.1) is 0 Å². The average molecular weight is 197 g/mol. The van der Waals surface area contributed by atoms with Crippen LogP contribution in [0.5, 0.6) is 0 Å². The van der Waals surface area contributed by atoms with E-state index in [9.17, 15) is 0 Å². The molecule has 0 spiro atoms. The molecule has 1 saturated heterocycles. The standard InChI is InChI=1S/C9H10Se/c1-2-4-8(5-3-1)9-6-7-10-9/h1-5,9H,6-7H2/t9-/m0/s1. The predicted molar refractivity (Wildman–Crippen MR) is 44.4 cm³/mol. The van der Waals surface area contributed by atoms with Gasteiger partial charge in [-0.15, -0.1) is 0 Å². The Morgan fingerprint density at radius 2 is 1.90 bits per heavy atom. The van der Waals surface area contributed by atoms with Gasteiger partial charge in [0.25, 0.3) is 0 Å². The molecule has 1 aliphatic heterocycles. The van der Waals surface area contributed by atoms with Crippen molar-refractivity contribution in [2.45, 2.75) is 16.6 Å². The van der Waals surface area contributed by atoms with Crippen molar-refractivity contribution in [3.63, 3.8) is 0 Å². The van der Waals surface area contributed by atoms with Crippen molar-refractivity contribution in [1.82, 2.24) is 0 Å². The summed E-state index contributed by atoms with van der Waals surface area (Å²) in [4.78, 5) is 0.952. The molecule has 2 rings (SSSR count). The zero-order chi connectivity index (χ0) is 6.81. The minimum atomic E-state index is 0.918. The zero-order valence-corrected chi connectivity index (χ0v) is 7.50. The molecule has 1 heterocycles. The van der Waals surface area contributed by atoms with Gasteiger partial charge in [-0.05, 0) is 0 Å². The van der Waals surface area contributed by atoms with Gasteiger partial charge in [-0.25, -0.2) is 0 Å². The maximum atomic E-state index is 2.26. The molecule has 0 radical (unpaired) electrons. The first-order valence-corrected chi connectivity index (χ1v) is 5.83. The second-order valence-electron chi connectivity index (χ2n) is 2.56. The molecule has 0 N–H and O–H groups in total. The number of hydrogen-bond donors (Lipinski definition) is 0. The second kappa shape index (κ2) is 2.77. The van der Waals surface area contributed by atoms with E-state index < -0.39 is 0 Å². The van der Waals surface area contributed by atoms with Crippen molar-refractivity contribution < 1.29 is 0 Å². The first-order valence-electron chi connectivity index (χ1n) is 3.63. The second-order valence-corrected chi connectivity index (χ2v) is 5.31. The summed E-state index contributed by atoms with van der Waals surface area (Å²) in [6.07, 6.45) is 1.43. The molecule has 1 aliphatic rings. The van der Waals surface area contributed by atoms with Crippen LogP contribution < -0.4 is 0 Å². The van der Waals surface area contributed by atoms with Gasteiger partial charge in [0.15, 0.2) is 0 Å². The van der Waals surface area contributed by atoms with E-state index in [2.05, 4.69) is 30.3 Å². The molecule has 10 heavy (non-hydrogen) atoms. The van der Waals surface area contributed by atoms with Gasteiger partial charge in [0.2, 0.25) is 0 Å². The van der Waals surface area contributed by atoms with E-state index >= 15 is 0 Å². The fraction of sp³-hybridized carbons (Fsp3) is 0.333. The summed E-state index contributed by atoms with van der Waals surface area (Å²) in [5, 5.41) is 1.49. The normalized spacial score (nSPS) is 23.8. The number of benzene rings is 1. The third-order valence-corrected chi connectivity index (χ3v) is 4.77. The Hall–Kier alpha value is -0.261. The first kappa shape index (κ1) is 6.45. The Bertz CT molecular complexity index is 201. The first-order chi connectivity index (χ1) is 4.97. The monoisotopic (exact) mass is 198 g/mol. The maximum absolute atomic E-state index is 2.26. The number of hydrogen-bond acceptors (Lipinski definition) is 0. The molecule has 1 aromatic carbocycles. The molecule has 1 aromatic rings. The Morgan fingerprint density at radius 3 is 2.40 bits per heavy atom. The van der Waals surface area contributed by atoms with Crippen LogP contribution in [-0.2, 0) is 0 Å². The molecule has 1 heteroatoms. The van der Waals surface area contributed by atoms with Gasteiger partial charge < -0.3 is 0 Å². The molecule has 1 atom stereocenters. The fourth-order valence-electron chi connectivity index (χ4n) is 1.17. The zero-order valence-electron chi connectivity index (χ0n) is 5.79. The van der Waals surface area contributed by atoms with Crippen molar-refractivity contribution >= 4 is 15.0 Å². The summed E-state index contributed by atoms with van der Waals surface area (Å²) in [7, 11) is 0. The topological polar surface area (TPSA) is 0 Å². The van der Waals surface area contributed by atoms with Crippen LogP contribution in [0.4, 0.5) is 0 Å². The molecular weight excluding hydrogens is 187 g/mol. The summed E-state index contributed by atoms with van der Waals surface area (Å²) in [5.41, 5.74) is 1.56. The van der Waals surface area contributed by atoms with Gasteiger partial charge in [-0.2, -0.15) is 0 Å². The molecule has 0 saturated carbocycles. The minimum absolute atomic E-state index is 0.918. The molecule has 0 amide bonds. The summed E-state index contributed by atoms with van der Waals surface area (Å²) in [5.74, 6) is 0. The molecule has 0 bridgehead atoms. The van der Waals surface area contributed by atoms with Gasteiger partial charge in [0.1, 0.15) is 0 Å². The van der Waals surface area contributed by atoms with Crippen LogP contribution in [0.1, 0.15) is 16.8 Å². The van der Waals surface area contributed by atoms with Gasteiger partial charge in [0, 0.05) is 0 Å². The summed E-state index contributed by atoms with van der Waals surface area (Å²) < 4.78 is 0. The van der Waals surface area contributed by atoms with Gasteiger partial charge in [0.05, 0.1) is 0 Å². The van der Waals surface area contributed by atoms with Gasteiger partial charge in [-0.3, -0.25) is 0 Å². The van der Waals surface area contributed by atoms with Crippen molar-refractivity contribution in [1.29, 1.82) is 0 Å². The molecule has 0 nitrogen and oxygen atoms in total. The average Bonchev–Trinajstić information content (AvgIpc) is 1.86. The van der Waals surface area contributed by atoms with Crippen molar-refractivity contribution in [3.05, 3.63) is 35.9 Å². The summed E-state index contributed by atoms with van der Waals surface area (Å²) >= 11 is 0.918. The van der Waals surface area contributed by atoms with Crippen LogP contribution in [0.25, 0.3) is 0 Å². The van der Waals surface area contributed by atoms with E-state index in [4.69, 9.17) is 0 Å². The van der Waals surface area contributed by atoms with Crippen LogP contribution >= 0.6 is 0 Å². The molecular formula is C9H10Se. The van der Waals surface area contributed by atoms with E-state index in [1.165, 1.54) is 11.7 Å². The van der Waals surface area contributed by atoms with Gasteiger partial charge in [-0.1, -0.05) is 0 Å². The fourth-order valence-corrected chi connectivity index (χ4v) is 2.89. The Labute approximate surface area is 67.8 Å². The Balaban J connectivity index is 2.18. The third kappa shape index (κ3) is 1.12. The molecule has 0 aromatic heterocycles. The van der Waals surface area contributed by atoms with E-state index in [1.54, 1.807) is 5.56 Å². The molecule has 52 valence electrons.